The molecule has 5 heteroatoms. The van der Waals surface area contributed by atoms with Gasteiger partial charge in [0.25, 0.3) is 0 Å². The van der Waals surface area contributed by atoms with Crippen LogP contribution in [-0.2, 0) is 13.0 Å². The van der Waals surface area contributed by atoms with Gasteiger partial charge in [0.05, 0.1) is 19.3 Å². The second kappa shape index (κ2) is 6.05. The Kier molecular flexibility index (Phi) is 3.97. The van der Waals surface area contributed by atoms with E-state index in [4.69, 9.17) is 4.74 Å². The number of aromatic nitrogens is 3. The number of fused-ring (bicyclic) bond motifs is 1. The average Bonchev–Trinajstić information content (AvgIpc) is 3.13. The van der Waals surface area contributed by atoms with Gasteiger partial charge in [-0.2, -0.15) is 0 Å². The first-order valence-corrected chi connectivity index (χ1v) is 7.20. The third-order valence-corrected chi connectivity index (χ3v) is 3.73. The zero-order valence-corrected chi connectivity index (χ0v) is 11.7. The molecular weight excluding hydrogens is 252 g/mol. The highest BCUT2D eigenvalue weighted by atomic mass is 16.5. The predicted octanol–water partition coefficient (Wildman–Crippen LogP) is 1.95. The van der Waals surface area contributed by atoms with Crippen LogP contribution in [0.4, 0.5) is 0 Å². The fourth-order valence-corrected chi connectivity index (χ4v) is 2.63. The third-order valence-electron chi connectivity index (χ3n) is 3.73. The van der Waals surface area contributed by atoms with Crippen molar-refractivity contribution in [3.8, 4) is 5.75 Å². The van der Waals surface area contributed by atoms with E-state index in [2.05, 4.69) is 40.8 Å². The van der Waals surface area contributed by atoms with Gasteiger partial charge in [0, 0.05) is 25.2 Å². The molecule has 1 atom stereocenters. The normalized spacial score (nSPS) is 14.8. The molecule has 1 aliphatic rings. The fraction of sp³-hybridized carbons (Fsp3) is 0.467. The average molecular weight is 272 g/mol. The highest BCUT2D eigenvalue weighted by molar-refractivity contribution is 5.40. The fourth-order valence-electron chi connectivity index (χ4n) is 2.63. The zero-order valence-electron chi connectivity index (χ0n) is 11.7. The summed E-state index contributed by atoms with van der Waals surface area (Å²) in [5.74, 6) is 1.05. The van der Waals surface area contributed by atoms with Crippen molar-refractivity contribution >= 4 is 0 Å². The lowest BCUT2D eigenvalue weighted by molar-refractivity contribution is 0.356. The molecule has 0 saturated carbocycles. The Morgan fingerprint density at radius 2 is 2.40 bits per heavy atom. The molecule has 5 nitrogen and oxygen atoms in total. The minimum absolute atomic E-state index is 0.379. The molecule has 0 radical (unpaired) electrons. The number of hydrogen-bond acceptors (Lipinski definition) is 4. The molecule has 1 N–H and O–H groups in total. The molecule has 2 aromatic rings. The highest BCUT2D eigenvalue weighted by Crippen LogP contribution is 2.28. The summed E-state index contributed by atoms with van der Waals surface area (Å²) in [6.45, 7) is 4.74. The summed E-state index contributed by atoms with van der Waals surface area (Å²) < 4.78 is 7.40. The van der Waals surface area contributed by atoms with Crippen LogP contribution in [0.25, 0.3) is 0 Å². The van der Waals surface area contributed by atoms with Crippen molar-refractivity contribution in [3.63, 3.8) is 0 Å². The molecule has 20 heavy (non-hydrogen) atoms. The topological polar surface area (TPSA) is 52.0 Å². The smallest absolute Gasteiger partial charge is 0.122 e. The lowest BCUT2D eigenvalue weighted by Crippen LogP contribution is -2.25. The molecule has 0 saturated heterocycles. The van der Waals surface area contributed by atoms with Gasteiger partial charge in [-0.15, -0.1) is 5.10 Å². The van der Waals surface area contributed by atoms with Crippen molar-refractivity contribution in [1.29, 1.82) is 0 Å². The van der Waals surface area contributed by atoms with Crippen LogP contribution in [0.15, 0.2) is 30.6 Å². The first-order valence-electron chi connectivity index (χ1n) is 7.20. The maximum Gasteiger partial charge on any atom is 0.122 e. The van der Waals surface area contributed by atoms with Gasteiger partial charge in [0.2, 0.25) is 0 Å². The molecule has 1 aromatic heterocycles. The van der Waals surface area contributed by atoms with E-state index in [9.17, 15) is 0 Å². The Balaban J connectivity index is 1.61. The Hall–Kier alpha value is -1.88. The second-order valence-electron chi connectivity index (χ2n) is 5.05. The quantitative estimate of drug-likeness (QED) is 0.873. The molecule has 1 aromatic carbocycles. The maximum atomic E-state index is 5.56. The second-order valence-corrected chi connectivity index (χ2v) is 5.05. The van der Waals surface area contributed by atoms with Gasteiger partial charge in [-0.05, 0) is 23.6 Å². The van der Waals surface area contributed by atoms with E-state index in [-0.39, 0.29) is 0 Å². The van der Waals surface area contributed by atoms with Gasteiger partial charge in [-0.25, -0.2) is 0 Å². The predicted molar refractivity (Wildman–Crippen MR) is 76.7 cm³/mol. The lowest BCUT2D eigenvalue weighted by Gasteiger charge is -2.18. The highest BCUT2D eigenvalue weighted by Gasteiger charge is 2.15. The van der Waals surface area contributed by atoms with Crippen molar-refractivity contribution in [2.45, 2.75) is 32.4 Å². The number of nitrogens with zero attached hydrogens (tertiary/aromatic N) is 3. The summed E-state index contributed by atoms with van der Waals surface area (Å²) in [6, 6.07) is 6.92. The molecule has 2 heterocycles. The van der Waals surface area contributed by atoms with Gasteiger partial charge in [-0.3, -0.25) is 4.68 Å². The van der Waals surface area contributed by atoms with Crippen LogP contribution < -0.4 is 10.1 Å². The number of nitrogens with one attached hydrogen (secondary N) is 1. The van der Waals surface area contributed by atoms with Crippen LogP contribution in [0.1, 0.15) is 30.5 Å². The van der Waals surface area contributed by atoms with Crippen molar-refractivity contribution in [3.05, 3.63) is 41.7 Å². The Morgan fingerprint density at radius 3 is 3.20 bits per heavy atom. The van der Waals surface area contributed by atoms with Crippen LogP contribution in [0, 0.1) is 0 Å². The van der Waals surface area contributed by atoms with Gasteiger partial charge in [0.15, 0.2) is 0 Å². The Morgan fingerprint density at radius 1 is 1.45 bits per heavy atom. The van der Waals surface area contributed by atoms with Crippen LogP contribution in [-0.4, -0.2) is 28.1 Å². The summed E-state index contributed by atoms with van der Waals surface area (Å²) in [6.07, 6.45) is 5.68. The van der Waals surface area contributed by atoms with E-state index in [1.165, 1.54) is 11.1 Å². The van der Waals surface area contributed by atoms with Crippen molar-refractivity contribution < 1.29 is 4.74 Å². The molecule has 1 aliphatic heterocycles. The SMILES string of the molecule is CCC(NCCn1ccnn1)c1ccc2c(c1)CCO2. The van der Waals surface area contributed by atoms with Gasteiger partial charge in [0.1, 0.15) is 5.75 Å². The molecule has 0 spiro atoms. The van der Waals surface area contributed by atoms with E-state index in [1.807, 2.05) is 10.9 Å². The van der Waals surface area contributed by atoms with Crippen LogP contribution in [0.2, 0.25) is 0 Å². The van der Waals surface area contributed by atoms with E-state index in [0.717, 1.165) is 38.3 Å². The van der Waals surface area contributed by atoms with Crippen LogP contribution in [0.3, 0.4) is 0 Å². The third kappa shape index (κ3) is 2.82. The maximum absolute atomic E-state index is 5.56. The zero-order chi connectivity index (χ0) is 13.8. The molecule has 0 aliphatic carbocycles. The van der Waals surface area contributed by atoms with E-state index < -0.39 is 0 Å². The lowest BCUT2D eigenvalue weighted by atomic mass is 10.0. The number of ether oxygens (including phenoxy) is 1. The van der Waals surface area contributed by atoms with Crippen LogP contribution in [0.5, 0.6) is 5.75 Å². The number of benzene rings is 1. The molecule has 106 valence electrons. The summed E-state index contributed by atoms with van der Waals surface area (Å²) in [7, 11) is 0. The molecule has 0 amide bonds. The Bertz CT molecular complexity index is 553. The van der Waals surface area contributed by atoms with Crippen molar-refractivity contribution in [2.75, 3.05) is 13.2 Å². The summed E-state index contributed by atoms with van der Waals surface area (Å²) in [4.78, 5) is 0. The van der Waals surface area contributed by atoms with Crippen molar-refractivity contribution in [2.24, 2.45) is 0 Å². The summed E-state index contributed by atoms with van der Waals surface area (Å²) in [5.41, 5.74) is 2.68. The van der Waals surface area contributed by atoms with Crippen LogP contribution >= 0.6 is 0 Å². The van der Waals surface area contributed by atoms with Gasteiger partial charge in [-0.1, -0.05) is 24.3 Å². The molecule has 0 fully saturated rings. The number of rotatable bonds is 6. The molecule has 0 bridgehead atoms. The number of hydrogen-bond donors (Lipinski definition) is 1. The Labute approximate surface area is 118 Å². The summed E-state index contributed by atoms with van der Waals surface area (Å²) in [5, 5.41) is 11.4. The van der Waals surface area contributed by atoms with Crippen molar-refractivity contribution in [1.82, 2.24) is 20.3 Å². The largest absolute Gasteiger partial charge is 0.493 e. The first-order chi connectivity index (χ1) is 9.86. The molecular formula is C15H20N4O. The molecule has 1 unspecified atom stereocenters. The van der Waals surface area contributed by atoms with Gasteiger partial charge < -0.3 is 10.1 Å². The van der Waals surface area contributed by atoms with E-state index in [1.54, 1.807) is 6.20 Å². The minimum Gasteiger partial charge on any atom is -0.493 e. The summed E-state index contributed by atoms with van der Waals surface area (Å²) >= 11 is 0. The standard InChI is InChI=1S/C15H20N4O/c1-2-14(16-6-8-19-9-7-17-18-19)12-3-4-15-13(11-12)5-10-20-15/h3-4,7,9,11,14,16H,2,5-6,8,10H2,1H3. The first kappa shape index (κ1) is 13.1. The van der Waals surface area contributed by atoms with Gasteiger partial charge >= 0.3 is 0 Å². The van der Waals surface area contributed by atoms with E-state index >= 15 is 0 Å². The molecule has 3 rings (SSSR count). The monoisotopic (exact) mass is 272 g/mol. The minimum atomic E-state index is 0.379. The van der Waals surface area contributed by atoms with E-state index in [0.29, 0.717) is 6.04 Å².